The van der Waals surface area contributed by atoms with Crippen molar-refractivity contribution in [2.75, 3.05) is 0 Å². The minimum atomic E-state index is 0.0775. The average Bonchev–Trinajstić information content (AvgIpc) is 2.84. The predicted molar refractivity (Wildman–Crippen MR) is 63.8 cm³/mol. The lowest BCUT2D eigenvalue weighted by Crippen LogP contribution is -2.06. The number of carbonyl (C=O) groups excluding carboxylic acids is 1. The van der Waals surface area contributed by atoms with Gasteiger partial charge in [-0.3, -0.25) is 14.2 Å². The molecule has 0 atom stereocenters. The van der Waals surface area contributed by atoms with E-state index in [2.05, 4.69) is 10.2 Å². The third-order valence-corrected chi connectivity index (χ3v) is 2.65. The molecule has 0 saturated carbocycles. The largest absolute Gasteiger partial charge is 0.294 e. The molecule has 90 valence electrons. The second-order valence-corrected chi connectivity index (χ2v) is 4.10. The average molecular weight is 232 g/mol. The molecule has 2 rings (SSSR count). The van der Waals surface area contributed by atoms with Crippen LogP contribution >= 0.6 is 0 Å². The van der Waals surface area contributed by atoms with Crippen LogP contribution in [0.2, 0.25) is 0 Å². The van der Waals surface area contributed by atoms with Crippen molar-refractivity contribution < 1.29 is 4.79 Å². The molecular formula is C12H16N4O. The first-order chi connectivity index (χ1) is 8.10. The van der Waals surface area contributed by atoms with Crippen molar-refractivity contribution in [2.24, 2.45) is 14.1 Å². The minimum absolute atomic E-state index is 0.0775. The van der Waals surface area contributed by atoms with Crippen molar-refractivity contribution in [3.63, 3.8) is 0 Å². The molecule has 0 aliphatic carbocycles. The van der Waals surface area contributed by atoms with Gasteiger partial charge in [0.25, 0.3) is 0 Å². The molecule has 2 aromatic rings. The van der Waals surface area contributed by atoms with E-state index < -0.39 is 0 Å². The summed E-state index contributed by atoms with van der Waals surface area (Å²) in [7, 11) is 3.67. The molecule has 5 heteroatoms. The van der Waals surface area contributed by atoms with Gasteiger partial charge in [0, 0.05) is 26.5 Å². The summed E-state index contributed by atoms with van der Waals surface area (Å²) in [5.41, 5.74) is 2.36. The summed E-state index contributed by atoms with van der Waals surface area (Å²) in [6.45, 7) is 2.00. The molecular weight excluding hydrogens is 216 g/mol. The summed E-state index contributed by atoms with van der Waals surface area (Å²) < 4.78 is 3.39. The van der Waals surface area contributed by atoms with E-state index in [-0.39, 0.29) is 5.78 Å². The van der Waals surface area contributed by atoms with Crippen molar-refractivity contribution in [3.8, 4) is 0 Å². The van der Waals surface area contributed by atoms with Crippen LogP contribution in [0, 0.1) is 0 Å². The normalized spacial score (nSPS) is 10.8. The van der Waals surface area contributed by atoms with Gasteiger partial charge >= 0.3 is 0 Å². The number of hydrogen-bond donors (Lipinski definition) is 0. The fourth-order valence-electron chi connectivity index (χ4n) is 1.85. The topological polar surface area (TPSA) is 52.7 Å². The number of rotatable bonds is 4. The second-order valence-electron chi connectivity index (χ2n) is 4.10. The summed E-state index contributed by atoms with van der Waals surface area (Å²) in [5, 5.41) is 8.47. The molecule has 0 bridgehead atoms. The summed E-state index contributed by atoms with van der Waals surface area (Å²) in [4.78, 5) is 12.1. The summed E-state index contributed by atoms with van der Waals surface area (Å²) >= 11 is 0. The monoisotopic (exact) mass is 232 g/mol. The Hall–Kier alpha value is -1.91. The summed E-state index contributed by atoms with van der Waals surface area (Å²) in [5.74, 6) is 0.0775. The van der Waals surface area contributed by atoms with Gasteiger partial charge in [0.2, 0.25) is 0 Å². The standard InChI is InChI=1S/C12H16N4O/c1-4-11-10(8-16(3)14-11)12(17)7-9-5-6-15(2)13-9/h5-6,8H,4,7H2,1-3H3. The van der Waals surface area contributed by atoms with Crippen LogP contribution in [-0.4, -0.2) is 25.3 Å². The molecule has 17 heavy (non-hydrogen) atoms. The summed E-state index contributed by atoms with van der Waals surface area (Å²) in [6.07, 6.45) is 4.72. The van der Waals surface area contributed by atoms with Crippen molar-refractivity contribution in [1.82, 2.24) is 19.6 Å². The number of ketones is 1. The predicted octanol–water partition coefficient (Wildman–Crippen LogP) is 1.14. The Kier molecular flexibility index (Phi) is 3.08. The van der Waals surface area contributed by atoms with Crippen LogP contribution in [0.1, 0.15) is 28.7 Å². The van der Waals surface area contributed by atoms with Crippen LogP contribution in [-0.2, 0) is 26.9 Å². The molecule has 0 aromatic carbocycles. The van der Waals surface area contributed by atoms with E-state index in [1.54, 1.807) is 15.6 Å². The molecule has 0 N–H and O–H groups in total. The molecule has 0 saturated heterocycles. The first kappa shape index (κ1) is 11.6. The first-order valence-corrected chi connectivity index (χ1v) is 5.64. The number of nitrogens with zero attached hydrogens (tertiary/aromatic N) is 4. The lowest BCUT2D eigenvalue weighted by Gasteiger charge is -1.97. The van der Waals surface area contributed by atoms with Gasteiger partial charge in [-0.15, -0.1) is 0 Å². The van der Waals surface area contributed by atoms with Gasteiger partial charge in [-0.05, 0) is 12.5 Å². The van der Waals surface area contributed by atoms with Crippen LogP contribution in [0.3, 0.4) is 0 Å². The number of Topliss-reactive ketones (excluding diaryl/α,β-unsaturated/α-hetero) is 1. The minimum Gasteiger partial charge on any atom is -0.294 e. The molecule has 0 spiro atoms. The second kappa shape index (κ2) is 4.53. The molecule has 0 aliphatic rings. The van der Waals surface area contributed by atoms with Crippen LogP contribution in [0.25, 0.3) is 0 Å². The quantitative estimate of drug-likeness (QED) is 0.743. The van der Waals surface area contributed by atoms with Crippen molar-refractivity contribution >= 4 is 5.78 Å². The number of carbonyl (C=O) groups is 1. The highest BCUT2D eigenvalue weighted by Crippen LogP contribution is 2.11. The Balaban J connectivity index is 2.19. The fraction of sp³-hybridized carbons (Fsp3) is 0.417. The van der Waals surface area contributed by atoms with E-state index in [9.17, 15) is 4.79 Å². The zero-order chi connectivity index (χ0) is 12.4. The number of aryl methyl sites for hydroxylation is 3. The highest BCUT2D eigenvalue weighted by molar-refractivity contribution is 5.98. The maximum Gasteiger partial charge on any atom is 0.172 e. The van der Waals surface area contributed by atoms with Crippen LogP contribution in [0.15, 0.2) is 18.5 Å². The highest BCUT2D eigenvalue weighted by atomic mass is 16.1. The molecule has 5 nitrogen and oxygen atoms in total. The zero-order valence-electron chi connectivity index (χ0n) is 10.3. The van der Waals surface area contributed by atoms with Crippen molar-refractivity contribution in [2.45, 2.75) is 19.8 Å². The van der Waals surface area contributed by atoms with Gasteiger partial charge in [-0.25, -0.2) is 0 Å². The highest BCUT2D eigenvalue weighted by Gasteiger charge is 2.15. The third-order valence-electron chi connectivity index (χ3n) is 2.65. The van der Waals surface area contributed by atoms with E-state index in [0.717, 1.165) is 17.8 Å². The van der Waals surface area contributed by atoms with Crippen LogP contribution in [0.5, 0.6) is 0 Å². The van der Waals surface area contributed by atoms with E-state index in [1.165, 1.54) is 0 Å². The van der Waals surface area contributed by atoms with Gasteiger partial charge < -0.3 is 0 Å². The Bertz CT molecular complexity index is 538. The zero-order valence-corrected chi connectivity index (χ0v) is 10.3. The van der Waals surface area contributed by atoms with E-state index in [0.29, 0.717) is 12.0 Å². The molecule has 2 heterocycles. The molecule has 0 aliphatic heterocycles. The van der Waals surface area contributed by atoms with Gasteiger partial charge in [-0.1, -0.05) is 6.92 Å². The lowest BCUT2D eigenvalue weighted by molar-refractivity contribution is 0.0991. The molecule has 0 fully saturated rings. The molecule has 0 amide bonds. The van der Waals surface area contributed by atoms with E-state index in [1.807, 2.05) is 33.3 Å². The maximum atomic E-state index is 12.1. The molecule has 2 aromatic heterocycles. The summed E-state index contributed by atoms with van der Waals surface area (Å²) in [6, 6.07) is 1.86. The number of aromatic nitrogens is 4. The van der Waals surface area contributed by atoms with E-state index >= 15 is 0 Å². The van der Waals surface area contributed by atoms with Crippen LogP contribution < -0.4 is 0 Å². The van der Waals surface area contributed by atoms with Crippen molar-refractivity contribution in [1.29, 1.82) is 0 Å². The van der Waals surface area contributed by atoms with Gasteiger partial charge in [0.05, 0.1) is 23.4 Å². The maximum absolute atomic E-state index is 12.1. The van der Waals surface area contributed by atoms with Gasteiger partial charge in [0.15, 0.2) is 5.78 Å². The fourth-order valence-corrected chi connectivity index (χ4v) is 1.85. The lowest BCUT2D eigenvalue weighted by atomic mass is 10.1. The van der Waals surface area contributed by atoms with Gasteiger partial charge in [0.1, 0.15) is 0 Å². The first-order valence-electron chi connectivity index (χ1n) is 5.64. The molecule has 0 radical (unpaired) electrons. The van der Waals surface area contributed by atoms with Gasteiger partial charge in [-0.2, -0.15) is 10.2 Å². The van der Waals surface area contributed by atoms with E-state index in [4.69, 9.17) is 0 Å². The third kappa shape index (κ3) is 2.43. The Morgan fingerprint density at radius 2 is 2.06 bits per heavy atom. The molecule has 0 unspecified atom stereocenters. The Morgan fingerprint density at radius 1 is 1.29 bits per heavy atom. The van der Waals surface area contributed by atoms with Crippen LogP contribution in [0.4, 0.5) is 0 Å². The smallest absolute Gasteiger partial charge is 0.172 e. The Morgan fingerprint density at radius 3 is 2.65 bits per heavy atom. The van der Waals surface area contributed by atoms with Crippen molar-refractivity contribution in [3.05, 3.63) is 35.4 Å². The number of hydrogen-bond acceptors (Lipinski definition) is 3. The Labute approximate surface area is 100 Å². The SMILES string of the molecule is CCc1nn(C)cc1C(=O)Cc1ccn(C)n1.